The number of benzene rings is 2. The number of anilines is 2. The van der Waals surface area contributed by atoms with E-state index >= 15 is 0 Å². The molecule has 7 rings (SSSR count). The minimum absolute atomic E-state index is 0.0569. The largest absolute Gasteiger partial charge is 0.376 e. The molecule has 2 aromatic carbocycles. The molecule has 0 amide bonds. The fourth-order valence-electron chi connectivity index (χ4n) is 5.39. The fraction of sp³-hybridized carbons (Fsp3) is 0.290. The van der Waals surface area contributed by atoms with Gasteiger partial charge >= 0.3 is 0 Å². The molecule has 1 saturated carbocycles. The van der Waals surface area contributed by atoms with Gasteiger partial charge in [-0.05, 0) is 79.3 Å². The van der Waals surface area contributed by atoms with Crippen LogP contribution in [0, 0.1) is 12.8 Å². The first-order chi connectivity index (χ1) is 19.1. The highest BCUT2D eigenvalue weighted by atomic mass is 32.2. The predicted molar refractivity (Wildman–Crippen MR) is 157 cm³/mol. The SMILES string of the molecule is Cc1ccc(C(Nc2ccc3c(c2)Sc2cccc(C4CN(c5ccc[nH]c5=O)CCO4)c2S3)C2CC2)nc1. The summed E-state index contributed by atoms with van der Waals surface area (Å²) in [4.78, 5) is 27.1. The molecule has 0 radical (unpaired) electrons. The van der Waals surface area contributed by atoms with Gasteiger partial charge in [0.05, 0.1) is 18.3 Å². The molecule has 2 atom stereocenters. The number of fused-ring (bicyclic) bond motifs is 2. The summed E-state index contributed by atoms with van der Waals surface area (Å²) in [5.74, 6) is 0.642. The number of aromatic nitrogens is 2. The van der Waals surface area contributed by atoms with Crippen LogP contribution < -0.4 is 15.8 Å². The molecular formula is C31H30N4O2S2. The van der Waals surface area contributed by atoms with Crippen molar-refractivity contribution < 1.29 is 4.74 Å². The van der Waals surface area contributed by atoms with Crippen molar-refractivity contribution in [3.8, 4) is 0 Å². The van der Waals surface area contributed by atoms with E-state index in [2.05, 4.69) is 70.7 Å². The van der Waals surface area contributed by atoms with E-state index in [0.29, 0.717) is 31.3 Å². The van der Waals surface area contributed by atoms with Crippen molar-refractivity contribution in [1.82, 2.24) is 9.97 Å². The van der Waals surface area contributed by atoms with Crippen LogP contribution in [0.2, 0.25) is 0 Å². The number of morpholine rings is 1. The van der Waals surface area contributed by atoms with E-state index in [1.807, 2.05) is 41.9 Å². The lowest BCUT2D eigenvalue weighted by Crippen LogP contribution is -2.41. The molecule has 2 N–H and O–H groups in total. The summed E-state index contributed by atoms with van der Waals surface area (Å²) in [7, 11) is 0. The Morgan fingerprint density at radius 2 is 1.97 bits per heavy atom. The summed E-state index contributed by atoms with van der Waals surface area (Å²) in [6, 6.07) is 21.5. The van der Waals surface area contributed by atoms with Crippen molar-refractivity contribution in [2.75, 3.05) is 29.9 Å². The topological polar surface area (TPSA) is 70.2 Å². The van der Waals surface area contributed by atoms with Crippen LogP contribution in [0.5, 0.6) is 0 Å². The lowest BCUT2D eigenvalue weighted by molar-refractivity contribution is 0.0378. The number of hydrogen-bond donors (Lipinski definition) is 2. The summed E-state index contributed by atoms with van der Waals surface area (Å²) in [5.41, 5.74) is 5.28. The molecule has 2 fully saturated rings. The minimum atomic E-state index is -0.0924. The molecule has 4 aromatic rings. The first kappa shape index (κ1) is 24.8. The highest BCUT2D eigenvalue weighted by Crippen LogP contribution is 2.52. The highest BCUT2D eigenvalue weighted by molar-refractivity contribution is 8.05. The summed E-state index contributed by atoms with van der Waals surface area (Å²) in [6.07, 6.45) is 6.05. The molecule has 2 unspecified atom stereocenters. The second-order valence-electron chi connectivity index (χ2n) is 10.4. The smallest absolute Gasteiger partial charge is 0.271 e. The number of nitrogens with zero attached hydrogens (tertiary/aromatic N) is 2. The third-order valence-electron chi connectivity index (χ3n) is 7.60. The summed E-state index contributed by atoms with van der Waals surface area (Å²) < 4.78 is 6.26. The molecule has 1 saturated heterocycles. The normalized spacial score (nSPS) is 19.2. The summed E-state index contributed by atoms with van der Waals surface area (Å²) in [6.45, 7) is 4.03. The number of pyridine rings is 2. The van der Waals surface area contributed by atoms with Crippen molar-refractivity contribution >= 4 is 34.9 Å². The number of rotatable bonds is 6. The van der Waals surface area contributed by atoms with Gasteiger partial charge in [-0.3, -0.25) is 9.78 Å². The number of nitrogens with one attached hydrogen (secondary N) is 2. The number of aromatic amines is 1. The van der Waals surface area contributed by atoms with E-state index in [1.54, 1.807) is 6.20 Å². The van der Waals surface area contributed by atoms with Gasteiger partial charge in [0, 0.05) is 50.8 Å². The molecular weight excluding hydrogens is 525 g/mol. The maximum Gasteiger partial charge on any atom is 0.271 e. The van der Waals surface area contributed by atoms with Crippen LogP contribution in [0.1, 0.15) is 41.8 Å². The Morgan fingerprint density at radius 3 is 2.79 bits per heavy atom. The van der Waals surface area contributed by atoms with Crippen LogP contribution in [-0.2, 0) is 4.74 Å². The monoisotopic (exact) mass is 554 g/mol. The van der Waals surface area contributed by atoms with Crippen molar-refractivity contribution in [2.24, 2.45) is 5.92 Å². The first-order valence-corrected chi connectivity index (χ1v) is 15.1. The quantitative estimate of drug-likeness (QED) is 0.238. The average Bonchev–Trinajstić information content (AvgIpc) is 3.81. The van der Waals surface area contributed by atoms with E-state index in [9.17, 15) is 4.79 Å². The van der Waals surface area contributed by atoms with Gasteiger partial charge in [-0.2, -0.15) is 0 Å². The Bertz CT molecular complexity index is 1570. The first-order valence-electron chi connectivity index (χ1n) is 13.5. The Kier molecular flexibility index (Phi) is 6.62. The third-order valence-corrected chi connectivity index (χ3v) is 10.2. The maximum atomic E-state index is 12.4. The van der Waals surface area contributed by atoms with Gasteiger partial charge in [-0.1, -0.05) is 41.7 Å². The Hall–Kier alpha value is -3.20. The molecule has 39 heavy (non-hydrogen) atoms. The van der Waals surface area contributed by atoms with Gasteiger partial charge in [-0.25, -0.2) is 0 Å². The van der Waals surface area contributed by atoms with E-state index in [1.165, 1.54) is 43.6 Å². The second kappa shape index (κ2) is 10.4. The van der Waals surface area contributed by atoms with Crippen molar-refractivity contribution in [2.45, 2.75) is 51.5 Å². The summed E-state index contributed by atoms with van der Waals surface area (Å²) >= 11 is 3.64. The van der Waals surface area contributed by atoms with Gasteiger partial charge in [0.1, 0.15) is 11.8 Å². The van der Waals surface area contributed by atoms with Crippen LogP contribution in [0.15, 0.2) is 97.4 Å². The molecule has 0 bridgehead atoms. The van der Waals surface area contributed by atoms with Crippen LogP contribution in [-0.4, -0.2) is 29.7 Å². The summed E-state index contributed by atoms with van der Waals surface area (Å²) in [5, 5.41) is 3.80. The molecule has 2 aliphatic heterocycles. The zero-order valence-corrected chi connectivity index (χ0v) is 23.4. The van der Waals surface area contributed by atoms with E-state index in [0.717, 1.165) is 11.4 Å². The van der Waals surface area contributed by atoms with Gasteiger partial charge in [-0.15, -0.1) is 0 Å². The van der Waals surface area contributed by atoms with Crippen LogP contribution in [0.3, 0.4) is 0 Å². The molecule has 0 spiro atoms. The predicted octanol–water partition coefficient (Wildman–Crippen LogP) is 6.84. The Balaban J connectivity index is 1.12. The lowest BCUT2D eigenvalue weighted by atomic mass is 10.1. The number of H-pyrrole nitrogens is 1. The van der Waals surface area contributed by atoms with Crippen molar-refractivity contribution in [3.63, 3.8) is 0 Å². The van der Waals surface area contributed by atoms with Crippen molar-refractivity contribution in [3.05, 3.63) is 100 Å². The lowest BCUT2D eigenvalue weighted by Gasteiger charge is -2.35. The van der Waals surface area contributed by atoms with Crippen molar-refractivity contribution in [1.29, 1.82) is 0 Å². The van der Waals surface area contributed by atoms with Crippen LogP contribution in [0.4, 0.5) is 11.4 Å². The fourth-order valence-corrected chi connectivity index (χ4v) is 7.84. The average molecular weight is 555 g/mol. The molecule has 198 valence electrons. The third kappa shape index (κ3) is 5.09. The molecule has 1 aliphatic carbocycles. The minimum Gasteiger partial charge on any atom is -0.376 e. The molecule has 8 heteroatoms. The van der Waals surface area contributed by atoms with E-state index in [-0.39, 0.29) is 17.7 Å². The van der Waals surface area contributed by atoms with E-state index < -0.39 is 0 Å². The zero-order chi connectivity index (χ0) is 26.3. The van der Waals surface area contributed by atoms with Crippen LogP contribution in [0.25, 0.3) is 0 Å². The second-order valence-corrected chi connectivity index (χ2v) is 12.6. The van der Waals surface area contributed by atoms with E-state index in [4.69, 9.17) is 9.72 Å². The molecule has 2 aromatic heterocycles. The molecule has 4 heterocycles. The number of hydrogen-bond acceptors (Lipinski definition) is 7. The maximum absolute atomic E-state index is 12.4. The Labute approximate surface area is 236 Å². The van der Waals surface area contributed by atoms with Gasteiger partial charge in [0.2, 0.25) is 0 Å². The molecule has 6 nitrogen and oxygen atoms in total. The highest BCUT2D eigenvalue weighted by Gasteiger charge is 2.34. The van der Waals surface area contributed by atoms with Gasteiger partial charge in [0.25, 0.3) is 5.56 Å². The molecule has 3 aliphatic rings. The zero-order valence-electron chi connectivity index (χ0n) is 21.7. The van der Waals surface area contributed by atoms with Crippen LogP contribution >= 0.6 is 23.5 Å². The number of ether oxygens (including phenoxy) is 1. The number of aryl methyl sites for hydroxylation is 1. The van der Waals surface area contributed by atoms with Gasteiger partial charge < -0.3 is 19.9 Å². The van der Waals surface area contributed by atoms with Gasteiger partial charge in [0.15, 0.2) is 0 Å². The standard InChI is InChI=1S/C31H30N4O2S2/c1-19-7-11-23(33-17-19)29(20-8-9-20)34-21-10-12-26-28(16-21)38-27-6-2-4-22(30(27)39-26)25-18-35(14-15-37-25)24-5-3-13-32-31(24)36/h2-7,10-13,16-17,20,25,29,34H,8-9,14-15,18H2,1H3,(H,32,36). The Morgan fingerprint density at radius 1 is 1.05 bits per heavy atom.